The molecule has 0 spiro atoms. The molecule has 0 amide bonds. The molecule has 0 bridgehead atoms. The fourth-order valence-corrected chi connectivity index (χ4v) is 3.43. The number of benzene rings is 1. The Morgan fingerprint density at radius 1 is 1.20 bits per heavy atom. The van der Waals surface area contributed by atoms with E-state index >= 15 is 0 Å². The van der Waals surface area contributed by atoms with E-state index in [0.717, 1.165) is 12.8 Å². The van der Waals surface area contributed by atoms with Gasteiger partial charge in [0.1, 0.15) is 6.10 Å². The summed E-state index contributed by atoms with van der Waals surface area (Å²) in [7, 11) is 1.68. The lowest BCUT2D eigenvalue weighted by molar-refractivity contribution is -0.132. The zero-order chi connectivity index (χ0) is 14.5. The van der Waals surface area contributed by atoms with Gasteiger partial charge in [-0.3, -0.25) is 4.79 Å². The Morgan fingerprint density at radius 3 is 2.35 bits per heavy atom. The SMILES string of the molecule is COC(C(=O)Cc1c(C)cccc1C)C1CCCCC1. The van der Waals surface area contributed by atoms with Gasteiger partial charge in [0.05, 0.1) is 0 Å². The zero-order valence-electron chi connectivity index (χ0n) is 12.9. The molecule has 1 aromatic rings. The van der Waals surface area contributed by atoms with Gasteiger partial charge >= 0.3 is 0 Å². The third-order valence-corrected chi connectivity index (χ3v) is 4.64. The molecular formula is C18H26O2. The van der Waals surface area contributed by atoms with Gasteiger partial charge < -0.3 is 4.74 Å². The highest BCUT2D eigenvalue weighted by atomic mass is 16.5. The molecule has 0 N–H and O–H groups in total. The van der Waals surface area contributed by atoms with Crippen LogP contribution in [0, 0.1) is 19.8 Å². The minimum atomic E-state index is -0.214. The second-order valence-electron chi connectivity index (χ2n) is 6.07. The van der Waals surface area contributed by atoms with E-state index in [1.807, 2.05) is 6.07 Å². The van der Waals surface area contributed by atoms with Crippen LogP contribution in [0.5, 0.6) is 0 Å². The maximum absolute atomic E-state index is 12.6. The summed E-state index contributed by atoms with van der Waals surface area (Å²) in [6.45, 7) is 4.16. The minimum Gasteiger partial charge on any atom is -0.373 e. The topological polar surface area (TPSA) is 26.3 Å². The summed E-state index contributed by atoms with van der Waals surface area (Å²) < 4.78 is 5.55. The number of ketones is 1. The first-order valence-electron chi connectivity index (χ1n) is 7.74. The highest BCUT2D eigenvalue weighted by Gasteiger charge is 2.29. The van der Waals surface area contributed by atoms with Crippen LogP contribution in [-0.2, 0) is 16.0 Å². The van der Waals surface area contributed by atoms with Crippen molar-refractivity contribution in [3.63, 3.8) is 0 Å². The van der Waals surface area contributed by atoms with Crippen molar-refractivity contribution in [3.8, 4) is 0 Å². The van der Waals surface area contributed by atoms with E-state index in [0.29, 0.717) is 12.3 Å². The van der Waals surface area contributed by atoms with Crippen molar-refractivity contribution in [1.29, 1.82) is 0 Å². The summed E-state index contributed by atoms with van der Waals surface area (Å²) in [6.07, 6.45) is 6.34. The lowest BCUT2D eigenvalue weighted by Gasteiger charge is -2.28. The standard InChI is InChI=1S/C18H26O2/c1-13-8-7-9-14(2)16(13)12-17(19)18(20-3)15-10-5-4-6-11-15/h7-9,15,18H,4-6,10-12H2,1-3H3. The molecule has 1 saturated carbocycles. The highest BCUT2D eigenvalue weighted by molar-refractivity contribution is 5.86. The summed E-state index contributed by atoms with van der Waals surface area (Å²) in [4.78, 5) is 12.6. The zero-order valence-corrected chi connectivity index (χ0v) is 12.9. The molecule has 2 nitrogen and oxygen atoms in total. The Balaban J connectivity index is 2.09. The molecule has 1 fully saturated rings. The molecular weight excluding hydrogens is 248 g/mol. The fraction of sp³-hybridized carbons (Fsp3) is 0.611. The van der Waals surface area contributed by atoms with Crippen molar-refractivity contribution >= 4 is 5.78 Å². The summed E-state index contributed by atoms with van der Waals surface area (Å²) in [5, 5.41) is 0. The molecule has 0 saturated heterocycles. The van der Waals surface area contributed by atoms with E-state index in [2.05, 4.69) is 26.0 Å². The molecule has 0 aromatic heterocycles. The Labute approximate surface area is 122 Å². The van der Waals surface area contributed by atoms with E-state index < -0.39 is 0 Å². The average molecular weight is 274 g/mol. The Bertz CT molecular complexity index is 438. The van der Waals surface area contributed by atoms with Crippen molar-refractivity contribution in [1.82, 2.24) is 0 Å². The number of Topliss-reactive ketones (excluding diaryl/α,β-unsaturated/α-hetero) is 1. The van der Waals surface area contributed by atoms with Crippen LogP contribution in [0.2, 0.25) is 0 Å². The van der Waals surface area contributed by atoms with Crippen molar-refractivity contribution < 1.29 is 9.53 Å². The predicted octanol–water partition coefficient (Wildman–Crippen LogP) is 4.01. The first kappa shape index (κ1) is 15.2. The molecule has 0 heterocycles. The van der Waals surface area contributed by atoms with Gasteiger partial charge in [-0.25, -0.2) is 0 Å². The first-order valence-corrected chi connectivity index (χ1v) is 7.74. The molecule has 0 aliphatic heterocycles. The average Bonchev–Trinajstić information content (AvgIpc) is 2.45. The second-order valence-corrected chi connectivity index (χ2v) is 6.07. The smallest absolute Gasteiger partial charge is 0.166 e. The Kier molecular flexibility index (Phi) is 5.36. The lowest BCUT2D eigenvalue weighted by Crippen LogP contribution is -2.34. The Morgan fingerprint density at radius 2 is 1.80 bits per heavy atom. The van der Waals surface area contributed by atoms with Gasteiger partial charge in [-0.05, 0) is 49.3 Å². The van der Waals surface area contributed by atoms with E-state index in [1.165, 1.54) is 36.0 Å². The van der Waals surface area contributed by atoms with E-state index in [1.54, 1.807) is 7.11 Å². The number of methoxy groups -OCH3 is 1. The van der Waals surface area contributed by atoms with Crippen LogP contribution in [0.4, 0.5) is 0 Å². The molecule has 1 unspecified atom stereocenters. The monoisotopic (exact) mass is 274 g/mol. The van der Waals surface area contributed by atoms with Crippen LogP contribution >= 0.6 is 0 Å². The number of hydrogen-bond donors (Lipinski definition) is 0. The van der Waals surface area contributed by atoms with Crippen molar-refractivity contribution in [2.75, 3.05) is 7.11 Å². The molecule has 2 rings (SSSR count). The van der Waals surface area contributed by atoms with E-state index in [-0.39, 0.29) is 11.9 Å². The quantitative estimate of drug-likeness (QED) is 0.811. The van der Waals surface area contributed by atoms with Gasteiger partial charge in [-0.1, -0.05) is 37.5 Å². The lowest BCUT2D eigenvalue weighted by atomic mass is 9.82. The van der Waals surface area contributed by atoms with Crippen LogP contribution in [0.1, 0.15) is 48.8 Å². The van der Waals surface area contributed by atoms with Crippen molar-refractivity contribution in [2.24, 2.45) is 5.92 Å². The van der Waals surface area contributed by atoms with Crippen molar-refractivity contribution in [3.05, 3.63) is 34.9 Å². The third-order valence-electron chi connectivity index (χ3n) is 4.64. The summed E-state index contributed by atoms with van der Waals surface area (Å²) in [5.41, 5.74) is 3.59. The summed E-state index contributed by atoms with van der Waals surface area (Å²) in [5.74, 6) is 0.669. The molecule has 1 aliphatic carbocycles. The maximum atomic E-state index is 12.6. The molecule has 1 atom stereocenters. The number of aryl methyl sites for hydroxylation is 2. The summed E-state index contributed by atoms with van der Waals surface area (Å²) >= 11 is 0. The number of hydrogen-bond acceptors (Lipinski definition) is 2. The maximum Gasteiger partial charge on any atom is 0.166 e. The largest absolute Gasteiger partial charge is 0.373 e. The highest BCUT2D eigenvalue weighted by Crippen LogP contribution is 2.29. The van der Waals surface area contributed by atoms with Crippen LogP contribution < -0.4 is 0 Å². The van der Waals surface area contributed by atoms with Gasteiger partial charge in [0, 0.05) is 13.5 Å². The third kappa shape index (κ3) is 3.49. The van der Waals surface area contributed by atoms with Gasteiger partial charge in [0.15, 0.2) is 5.78 Å². The normalized spacial score (nSPS) is 17.9. The molecule has 110 valence electrons. The van der Waals surface area contributed by atoms with E-state index in [9.17, 15) is 4.79 Å². The number of rotatable bonds is 5. The number of carbonyl (C=O) groups excluding carboxylic acids is 1. The molecule has 1 aromatic carbocycles. The molecule has 0 radical (unpaired) electrons. The number of ether oxygens (including phenoxy) is 1. The van der Waals surface area contributed by atoms with Crippen molar-refractivity contribution in [2.45, 2.75) is 58.5 Å². The van der Waals surface area contributed by atoms with Crippen LogP contribution in [-0.4, -0.2) is 19.0 Å². The first-order chi connectivity index (χ1) is 9.63. The molecule has 2 heteroatoms. The van der Waals surface area contributed by atoms with Gasteiger partial charge in [-0.15, -0.1) is 0 Å². The summed E-state index contributed by atoms with van der Waals surface area (Å²) in [6, 6.07) is 6.21. The van der Waals surface area contributed by atoms with Gasteiger partial charge in [0.25, 0.3) is 0 Å². The fourth-order valence-electron chi connectivity index (χ4n) is 3.43. The van der Waals surface area contributed by atoms with Crippen LogP contribution in [0.3, 0.4) is 0 Å². The van der Waals surface area contributed by atoms with Crippen LogP contribution in [0.25, 0.3) is 0 Å². The Hall–Kier alpha value is -1.15. The van der Waals surface area contributed by atoms with Gasteiger partial charge in [-0.2, -0.15) is 0 Å². The second kappa shape index (κ2) is 7.03. The van der Waals surface area contributed by atoms with E-state index in [4.69, 9.17) is 4.74 Å². The number of carbonyl (C=O) groups is 1. The van der Waals surface area contributed by atoms with Gasteiger partial charge in [0.2, 0.25) is 0 Å². The molecule has 20 heavy (non-hydrogen) atoms. The molecule has 1 aliphatic rings. The van der Waals surface area contributed by atoms with Crippen LogP contribution in [0.15, 0.2) is 18.2 Å². The predicted molar refractivity (Wildman–Crippen MR) is 82.0 cm³/mol. The minimum absolute atomic E-state index is 0.214.